The fourth-order valence-corrected chi connectivity index (χ4v) is 3.34. The quantitative estimate of drug-likeness (QED) is 0.806. The van der Waals surface area contributed by atoms with Crippen LogP contribution >= 0.6 is 27.5 Å². The van der Waals surface area contributed by atoms with E-state index < -0.39 is 10.0 Å². The highest BCUT2D eigenvalue weighted by Gasteiger charge is 2.18. The van der Waals surface area contributed by atoms with Crippen molar-refractivity contribution < 1.29 is 8.42 Å². The lowest BCUT2D eigenvalue weighted by atomic mass is 10.2. The number of anilines is 2. The Kier molecular flexibility index (Phi) is 4.22. The van der Waals surface area contributed by atoms with Gasteiger partial charge in [-0.05, 0) is 52.7 Å². The van der Waals surface area contributed by atoms with Gasteiger partial charge in [-0.15, -0.1) is 0 Å². The number of aromatic nitrogens is 1. The molecule has 0 aliphatic carbocycles. The van der Waals surface area contributed by atoms with E-state index in [-0.39, 0.29) is 10.7 Å². The molecule has 1 aromatic heterocycles. The zero-order valence-corrected chi connectivity index (χ0v) is 13.6. The standard InChI is InChI=1S/C12H11BrClN3O2S/c1-7-10(14)5-8(6-11(7)15)20(18,19)17-12-9(13)3-2-4-16-12/h2-6H,15H2,1H3,(H,16,17). The van der Waals surface area contributed by atoms with E-state index in [0.717, 1.165) is 0 Å². The fourth-order valence-electron chi connectivity index (χ4n) is 1.48. The van der Waals surface area contributed by atoms with Crippen molar-refractivity contribution in [3.8, 4) is 0 Å². The first-order valence-electron chi connectivity index (χ1n) is 5.50. The Morgan fingerprint density at radius 3 is 2.70 bits per heavy atom. The molecule has 1 heterocycles. The predicted molar refractivity (Wildman–Crippen MR) is 83.3 cm³/mol. The summed E-state index contributed by atoms with van der Waals surface area (Å²) in [5.41, 5.74) is 6.70. The Morgan fingerprint density at radius 1 is 1.40 bits per heavy atom. The van der Waals surface area contributed by atoms with Crippen LogP contribution < -0.4 is 10.5 Å². The van der Waals surface area contributed by atoms with Crippen LogP contribution in [0.5, 0.6) is 0 Å². The summed E-state index contributed by atoms with van der Waals surface area (Å²) in [5.74, 6) is 0.197. The van der Waals surface area contributed by atoms with Gasteiger partial charge in [-0.25, -0.2) is 13.4 Å². The molecule has 5 nitrogen and oxygen atoms in total. The largest absolute Gasteiger partial charge is 0.398 e. The van der Waals surface area contributed by atoms with Crippen molar-refractivity contribution in [2.75, 3.05) is 10.5 Å². The molecule has 0 spiro atoms. The highest BCUT2D eigenvalue weighted by Crippen LogP contribution is 2.28. The summed E-state index contributed by atoms with van der Waals surface area (Å²) in [6, 6.07) is 6.08. The minimum Gasteiger partial charge on any atom is -0.398 e. The van der Waals surface area contributed by atoms with E-state index in [9.17, 15) is 8.42 Å². The first-order valence-corrected chi connectivity index (χ1v) is 8.15. The van der Waals surface area contributed by atoms with E-state index >= 15 is 0 Å². The summed E-state index contributed by atoms with van der Waals surface area (Å²) >= 11 is 9.18. The molecule has 0 aliphatic heterocycles. The number of rotatable bonds is 3. The normalized spacial score (nSPS) is 11.3. The van der Waals surface area contributed by atoms with Crippen molar-refractivity contribution in [3.63, 3.8) is 0 Å². The number of nitrogens with zero attached hydrogens (tertiary/aromatic N) is 1. The van der Waals surface area contributed by atoms with E-state index in [0.29, 0.717) is 20.7 Å². The minimum atomic E-state index is -3.80. The van der Waals surface area contributed by atoms with E-state index in [2.05, 4.69) is 25.6 Å². The molecule has 2 rings (SSSR count). The predicted octanol–water partition coefficient (Wildman–Crippen LogP) is 3.19. The van der Waals surface area contributed by atoms with Gasteiger partial charge in [-0.2, -0.15) is 0 Å². The van der Waals surface area contributed by atoms with Gasteiger partial charge in [0, 0.05) is 16.9 Å². The fraction of sp³-hybridized carbons (Fsp3) is 0.0833. The summed E-state index contributed by atoms with van der Waals surface area (Å²) < 4.78 is 27.5. The van der Waals surface area contributed by atoms with Crippen LogP contribution in [0.2, 0.25) is 5.02 Å². The number of hydrogen-bond acceptors (Lipinski definition) is 4. The van der Waals surface area contributed by atoms with Gasteiger partial charge in [0.25, 0.3) is 10.0 Å². The zero-order valence-electron chi connectivity index (χ0n) is 10.4. The SMILES string of the molecule is Cc1c(N)cc(S(=O)(=O)Nc2ncccc2Br)cc1Cl. The van der Waals surface area contributed by atoms with Crippen LogP contribution in [0.1, 0.15) is 5.56 Å². The van der Waals surface area contributed by atoms with Crippen LogP contribution in [0.4, 0.5) is 11.5 Å². The number of benzene rings is 1. The van der Waals surface area contributed by atoms with Crippen molar-refractivity contribution in [1.82, 2.24) is 4.98 Å². The third kappa shape index (κ3) is 3.05. The average molecular weight is 377 g/mol. The van der Waals surface area contributed by atoms with Crippen LogP contribution in [0.25, 0.3) is 0 Å². The Labute approximate surface area is 130 Å². The number of nitrogens with two attached hydrogens (primary N) is 1. The second-order valence-electron chi connectivity index (χ2n) is 4.06. The summed E-state index contributed by atoms with van der Waals surface area (Å²) in [6.45, 7) is 1.72. The molecule has 0 bridgehead atoms. The maximum atomic E-state index is 12.3. The molecule has 106 valence electrons. The number of hydrogen-bond donors (Lipinski definition) is 2. The van der Waals surface area contributed by atoms with Crippen molar-refractivity contribution >= 4 is 49.1 Å². The molecule has 20 heavy (non-hydrogen) atoms. The lowest BCUT2D eigenvalue weighted by molar-refractivity contribution is 0.601. The molecule has 2 aromatic rings. The van der Waals surface area contributed by atoms with Crippen molar-refractivity contribution in [3.05, 3.63) is 45.5 Å². The van der Waals surface area contributed by atoms with Gasteiger partial charge in [-0.1, -0.05) is 11.6 Å². The average Bonchev–Trinajstić information content (AvgIpc) is 2.38. The van der Waals surface area contributed by atoms with Crippen molar-refractivity contribution in [2.24, 2.45) is 0 Å². The van der Waals surface area contributed by atoms with Crippen LogP contribution in [0.15, 0.2) is 39.8 Å². The van der Waals surface area contributed by atoms with Gasteiger partial charge in [0.15, 0.2) is 5.82 Å². The molecule has 3 N–H and O–H groups in total. The smallest absolute Gasteiger partial charge is 0.263 e. The maximum absolute atomic E-state index is 12.3. The second kappa shape index (κ2) is 5.59. The number of pyridine rings is 1. The molecule has 0 fully saturated rings. The first-order chi connectivity index (χ1) is 9.31. The van der Waals surface area contributed by atoms with E-state index in [1.807, 2.05) is 0 Å². The van der Waals surface area contributed by atoms with Crippen LogP contribution in [0, 0.1) is 6.92 Å². The number of halogens is 2. The van der Waals surface area contributed by atoms with Crippen LogP contribution in [-0.2, 0) is 10.0 Å². The third-order valence-corrected chi connectivity index (χ3v) is 5.01. The lowest BCUT2D eigenvalue weighted by Gasteiger charge is -2.11. The van der Waals surface area contributed by atoms with Gasteiger partial charge in [0.05, 0.1) is 9.37 Å². The van der Waals surface area contributed by atoms with Gasteiger partial charge >= 0.3 is 0 Å². The molecule has 0 radical (unpaired) electrons. The Balaban J connectivity index is 2.44. The topological polar surface area (TPSA) is 85.1 Å². The van der Waals surface area contributed by atoms with Crippen molar-refractivity contribution in [1.29, 1.82) is 0 Å². The molecule has 0 saturated carbocycles. The minimum absolute atomic E-state index is 0.0110. The van der Waals surface area contributed by atoms with E-state index in [1.165, 1.54) is 18.3 Å². The van der Waals surface area contributed by atoms with Gasteiger partial charge in [-0.3, -0.25) is 4.72 Å². The molecule has 0 unspecified atom stereocenters. The molecule has 0 aliphatic rings. The lowest BCUT2D eigenvalue weighted by Crippen LogP contribution is -2.15. The van der Waals surface area contributed by atoms with Crippen molar-refractivity contribution in [2.45, 2.75) is 11.8 Å². The summed E-state index contributed by atoms with van der Waals surface area (Å²) in [5, 5.41) is 0.297. The summed E-state index contributed by atoms with van der Waals surface area (Å²) in [4.78, 5) is 3.94. The zero-order chi connectivity index (χ0) is 14.9. The monoisotopic (exact) mass is 375 g/mol. The van der Waals surface area contributed by atoms with Gasteiger partial charge in [0.1, 0.15) is 0 Å². The molecule has 1 aromatic carbocycles. The first kappa shape index (κ1) is 15.1. The van der Waals surface area contributed by atoms with Gasteiger partial charge < -0.3 is 5.73 Å². The Morgan fingerprint density at radius 2 is 2.10 bits per heavy atom. The molecular formula is C12H11BrClN3O2S. The number of nitrogen functional groups attached to an aromatic ring is 1. The molecule has 0 atom stereocenters. The second-order valence-corrected chi connectivity index (χ2v) is 7.00. The number of sulfonamides is 1. The summed E-state index contributed by atoms with van der Waals surface area (Å²) in [6.07, 6.45) is 1.49. The molecule has 0 amide bonds. The molecule has 0 saturated heterocycles. The summed E-state index contributed by atoms with van der Waals surface area (Å²) in [7, 11) is -3.80. The highest BCUT2D eigenvalue weighted by atomic mass is 79.9. The number of nitrogens with one attached hydrogen (secondary N) is 1. The van der Waals surface area contributed by atoms with E-state index in [4.69, 9.17) is 17.3 Å². The van der Waals surface area contributed by atoms with Gasteiger partial charge in [0.2, 0.25) is 0 Å². The maximum Gasteiger partial charge on any atom is 0.263 e. The van der Waals surface area contributed by atoms with Crippen LogP contribution in [0.3, 0.4) is 0 Å². The molecular weight excluding hydrogens is 366 g/mol. The van der Waals surface area contributed by atoms with E-state index in [1.54, 1.807) is 19.1 Å². The highest BCUT2D eigenvalue weighted by molar-refractivity contribution is 9.10. The van der Waals surface area contributed by atoms with Crippen LogP contribution in [-0.4, -0.2) is 13.4 Å². The molecule has 8 heteroatoms. The Hall–Kier alpha value is -1.31. The Bertz CT molecular complexity index is 742. The third-order valence-electron chi connectivity index (χ3n) is 2.66.